The van der Waals surface area contributed by atoms with Gasteiger partial charge in [-0.15, -0.1) is 0 Å². The molecule has 0 aliphatic heterocycles. The standard InChI is InChI=1S/C8H14N2OS/c1-2-3-4-12-6-7-5-8(9)10-11-7/h5H,2-4,6H2,1H3,(H2,9,10). The summed E-state index contributed by atoms with van der Waals surface area (Å²) < 4.78 is 4.95. The molecule has 1 aromatic heterocycles. The zero-order valence-electron chi connectivity index (χ0n) is 7.25. The van der Waals surface area contributed by atoms with Gasteiger partial charge >= 0.3 is 0 Å². The van der Waals surface area contributed by atoms with Crippen molar-refractivity contribution in [3.63, 3.8) is 0 Å². The van der Waals surface area contributed by atoms with Gasteiger partial charge in [-0.3, -0.25) is 0 Å². The van der Waals surface area contributed by atoms with E-state index >= 15 is 0 Å². The van der Waals surface area contributed by atoms with Crippen LogP contribution in [0.25, 0.3) is 0 Å². The molecule has 12 heavy (non-hydrogen) atoms. The van der Waals surface area contributed by atoms with Gasteiger partial charge in [-0.05, 0) is 12.2 Å². The normalized spacial score (nSPS) is 10.4. The lowest BCUT2D eigenvalue weighted by Gasteiger charge is -1.94. The molecular formula is C8H14N2OS. The molecule has 0 aliphatic rings. The van der Waals surface area contributed by atoms with Gasteiger partial charge in [0, 0.05) is 6.07 Å². The number of rotatable bonds is 5. The van der Waals surface area contributed by atoms with Gasteiger partial charge in [0.2, 0.25) is 0 Å². The first-order valence-electron chi connectivity index (χ1n) is 4.11. The first-order chi connectivity index (χ1) is 5.83. The molecule has 0 saturated carbocycles. The van der Waals surface area contributed by atoms with Crippen molar-refractivity contribution >= 4 is 17.6 Å². The van der Waals surface area contributed by atoms with Crippen molar-refractivity contribution in [2.75, 3.05) is 11.5 Å². The lowest BCUT2D eigenvalue weighted by atomic mass is 10.4. The molecular weight excluding hydrogens is 172 g/mol. The maximum Gasteiger partial charge on any atom is 0.167 e. The first-order valence-corrected chi connectivity index (χ1v) is 5.27. The summed E-state index contributed by atoms with van der Waals surface area (Å²) in [5, 5.41) is 3.60. The van der Waals surface area contributed by atoms with E-state index in [1.165, 1.54) is 18.6 Å². The molecule has 0 spiro atoms. The van der Waals surface area contributed by atoms with Gasteiger partial charge < -0.3 is 10.3 Å². The molecule has 0 saturated heterocycles. The van der Waals surface area contributed by atoms with E-state index in [1.807, 2.05) is 11.8 Å². The third-order valence-electron chi connectivity index (χ3n) is 1.46. The van der Waals surface area contributed by atoms with Gasteiger partial charge in [0.05, 0.1) is 5.75 Å². The fourth-order valence-electron chi connectivity index (χ4n) is 0.816. The molecule has 2 N–H and O–H groups in total. The number of nitrogens with zero attached hydrogens (tertiary/aromatic N) is 1. The van der Waals surface area contributed by atoms with Gasteiger partial charge in [0.25, 0.3) is 0 Å². The largest absolute Gasteiger partial charge is 0.381 e. The molecule has 0 bridgehead atoms. The molecule has 0 amide bonds. The molecule has 4 heteroatoms. The summed E-state index contributed by atoms with van der Waals surface area (Å²) in [6.07, 6.45) is 2.50. The number of unbranched alkanes of at least 4 members (excludes halogenated alkanes) is 1. The summed E-state index contributed by atoms with van der Waals surface area (Å²) >= 11 is 1.85. The smallest absolute Gasteiger partial charge is 0.167 e. The average molecular weight is 186 g/mol. The van der Waals surface area contributed by atoms with Gasteiger partial charge in [0.1, 0.15) is 5.76 Å². The van der Waals surface area contributed by atoms with Crippen LogP contribution in [-0.2, 0) is 5.75 Å². The zero-order valence-corrected chi connectivity index (χ0v) is 8.06. The monoisotopic (exact) mass is 186 g/mol. The second-order valence-electron chi connectivity index (χ2n) is 2.62. The highest BCUT2D eigenvalue weighted by atomic mass is 32.2. The van der Waals surface area contributed by atoms with Crippen molar-refractivity contribution in [3.05, 3.63) is 11.8 Å². The number of anilines is 1. The fraction of sp³-hybridized carbons (Fsp3) is 0.625. The first kappa shape index (κ1) is 9.45. The molecule has 0 aliphatic carbocycles. The Balaban J connectivity index is 2.15. The molecule has 0 atom stereocenters. The number of nitrogens with two attached hydrogens (primary N) is 1. The van der Waals surface area contributed by atoms with Gasteiger partial charge in [-0.2, -0.15) is 11.8 Å². The maximum absolute atomic E-state index is 5.39. The van der Waals surface area contributed by atoms with Crippen LogP contribution < -0.4 is 5.73 Å². The molecule has 0 unspecified atom stereocenters. The summed E-state index contributed by atoms with van der Waals surface area (Å²) in [5.41, 5.74) is 5.39. The van der Waals surface area contributed by atoms with Gasteiger partial charge in [-0.1, -0.05) is 18.5 Å². The van der Waals surface area contributed by atoms with Crippen molar-refractivity contribution < 1.29 is 4.52 Å². The Morgan fingerprint density at radius 3 is 3.08 bits per heavy atom. The SMILES string of the molecule is CCCCSCc1cc(N)no1. The highest BCUT2D eigenvalue weighted by Gasteiger charge is 1.99. The summed E-state index contributed by atoms with van der Waals surface area (Å²) in [6.45, 7) is 2.19. The van der Waals surface area contributed by atoms with Crippen LogP contribution in [0.1, 0.15) is 25.5 Å². The van der Waals surface area contributed by atoms with E-state index in [4.69, 9.17) is 10.3 Å². The molecule has 0 radical (unpaired) electrons. The van der Waals surface area contributed by atoms with E-state index in [2.05, 4.69) is 12.1 Å². The number of nitrogen functional groups attached to an aromatic ring is 1. The van der Waals surface area contributed by atoms with Gasteiger partial charge in [-0.25, -0.2) is 0 Å². The second kappa shape index (κ2) is 5.09. The van der Waals surface area contributed by atoms with Crippen LogP contribution in [0.15, 0.2) is 10.6 Å². The molecule has 1 rings (SSSR count). The number of aromatic nitrogens is 1. The predicted octanol–water partition coefficient (Wildman–Crippen LogP) is 2.29. The van der Waals surface area contributed by atoms with E-state index in [9.17, 15) is 0 Å². The quantitative estimate of drug-likeness (QED) is 0.717. The Bertz CT molecular complexity index is 225. The molecule has 0 fully saturated rings. The lowest BCUT2D eigenvalue weighted by Crippen LogP contribution is -1.81. The Morgan fingerprint density at radius 1 is 1.67 bits per heavy atom. The van der Waals surface area contributed by atoms with Crippen molar-refractivity contribution in [2.45, 2.75) is 25.5 Å². The molecule has 1 aromatic rings. The van der Waals surface area contributed by atoms with E-state index in [0.717, 1.165) is 11.5 Å². The van der Waals surface area contributed by atoms with Crippen LogP contribution in [0.5, 0.6) is 0 Å². The van der Waals surface area contributed by atoms with E-state index in [0.29, 0.717) is 5.82 Å². The number of hydrogen-bond acceptors (Lipinski definition) is 4. The maximum atomic E-state index is 5.39. The predicted molar refractivity (Wildman–Crippen MR) is 52.0 cm³/mol. The van der Waals surface area contributed by atoms with Crippen molar-refractivity contribution in [1.82, 2.24) is 5.16 Å². The van der Waals surface area contributed by atoms with Crippen LogP contribution in [0.4, 0.5) is 5.82 Å². The minimum atomic E-state index is 0.473. The Kier molecular flexibility index (Phi) is 4.00. The molecule has 68 valence electrons. The van der Waals surface area contributed by atoms with Crippen molar-refractivity contribution in [1.29, 1.82) is 0 Å². The molecule has 3 nitrogen and oxygen atoms in total. The Morgan fingerprint density at radius 2 is 2.50 bits per heavy atom. The minimum absolute atomic E-state index is 0.473. The summed E-state index contributed by atoms with van der Waals surface area (Å²) in [5.74, 6) is 3.40. The third-order valence-corrected chi connectivity index (χ3v) is 2.53. The average Bonchev–Trinajstić information content (AvgIpc) is 2.45. The van der Waals surface area contributed by atoms with Crippen LogP contribution in [0, 0.1) is 0 Å². The Hall–Kier alpha value is -0.640. The summed E-state index contributed by atoms with van der Waals surface area (Å²) in [4.78, 5) is 0. The second-order valence-corrected chi connectivity index (χ2v) is 3.73. The zero-order chi connectivity index (χ0) is 8.81. The topological polar surface area (TPSA) is 52.0 Å². The van der Waals surface area contributed by atoms with Gasteiger partial charge in [0.15, 0.2) is 5.82 Å². The highest BCUT2D eigenvalue weighted by molar-refractivity contribution is 7.98. The number of hydrogen-bond donors (Lipinski definition) is 1. The lowest BCUT2D eigenvalue weighted by molar-refractivity contribution is 0.398. The Labute approximate surface area is 76.7 Å². The minimum Gasteiger partial charge on any atom is -0.381 e. The third kappa shape index (κ3) is 3.17. The van der Waals surface area contributed by atoms with Crippen molar-refractivity contribution in [3.8, 4) is 0 Å². The van der Waals surface area contributed by atoms with E-state index < -0.39 is 0 Å². The highest BCUT2D eigenvalue weighted by Crippen LogP contribution is 2.15. The van der Waals surface area contributed by atoms with Crippen LogP contribution >= 0.6 is 11.8 Å². The summed E-state index contributed by atoms with van der Waals surface area (Å²) in [6, 6.07) is 1.78. The van der Waals surface area contributed by atoms with Crippen LogP contribution in [0.2, 0.25) is 0 Å². The van der Waals surface area contributed by atoms with Crippen LogP contribution in [-0.4, -0.2) is 10.9 Å². The molecule has 1 heterocycles. The fourth-order valence-corrected chi connectivity index (χ4v) is 1.79. The van der Waals surface area contributed by atoms with Crippen LogP contribution in [0.3, 0.4) is 0 Å². The van der Waals surface area contributed by atoms with Crippen molar-refractivity contribution in [2.24, 2.45) is 0 Å². The van der Waals surface area contributed by atoms with E-state index in [-0.39, 0.29) is 0 Å². The number of thioether (sulfide) groups is 1. The summed E-state index contributed by atoms with van der Waals surface area (Å²) in [7, 11) is 0. The molecule has 0 aromatic carbocycles. The van der Waals surface area contributed by atoms with E-state index in [1.54, 1.807) is 6.07 Å².